The van der Waals surface area contributed by atoms with Gasteiger partial charge >= 0.3 is 0 Å². The maximum absolute atomic E-state index is 11.3. The maximum atomic E-state index is 11.3. The Bertz CT molecular complexity index is 692. The van der Waals surface area contributed by atoms with Crippen molar-refractivity contribution in [2.45, 2.75) is 44.7 Å². The first-order chi connectivity index (χ1) is 9.44. The third-order valence-corrected chi connectivity index (χ3v) is 3.86. The summed E-state index contributed by atoms with van der Waals surface area (Å²) in [6, 6.07) is 0. The standard InChI is InChI=1S/C11H15ClN4O3S/c1-3-5-8-13-10(19-15-8)6-16-7-11(20(12,17)18)14-9(16)4-2/h7H,3-6H2,1-2H3. The number of imidazole rings is 1. The van der Waals surface area contributed by atoms with Crippen LogP contribution in [0, 0.1) is 0 Å². The lowest BCUT2D eigenvalue weighted by atomic mass is 10.3. The highest BCUT2D eigenvalue weighted by Gasteiger charge is 2.18. The Morgan fingerprint density at radius 2 is 2.10 bits per heavy atom. The molecule has 2 aromatic heterocycles. The average molecular weight is 319 g/mol. The topological polar surface area (TPSA) is 90.9 Å². The lowest BCUT2D eigenvalue weighted by Gasteiger charge is -2.00. The van der Waals surface area contributed by atoms with Crippen molar-refractivity contribution in [3.8, 4) is 0 Å². The molecule has 2 aromatic rings. The molecule has 9 heteroatoms. The largest absolute Gasteiger partial charge is 0.337 e. The Kier molecular flexibility index (Phi) is 4.44. The first-order valence-corrected chi connectivity index (χ1v) is 8.57. The number of halogens is 1. The molecule has 0 atom stereocenters. The van der Waals surface area contributed by atoms with E-state index in [1.54, 1.807) is 4.57 Å². The van der Waals surface area contributed by atoms with Crippen LogP contribution in [0.2, 0.25) is 0 Å². The summed E-state index contributed by atoms with van der Waals surface area (Å²) < 4.78 is 29.4. The molecule has 20 heavy (non-hydrogen) atoms. The molecule has 0 aromatic carbocycles. The molecule has 0 aliphatic rings. The van der Waals surface area contributed by atoms with Crippen molar-refractivity contribution in [1.82, 2.24) is 19.7 Å². The number of hydrogen-bond donors (Lipinski definition) is 0. The highest BCUT2D eigenvalue weighted by Crippen LogP contribution is 2.16. The van der Waals surface area contributed by atoms with Gasteiger partial charge in [-0.05, 0) is 6.42 Å². The van der Waals surface area contributed by atoms with E-state index in [2.05, 4.69) is 15.1 Å². The molecular formula is C11H15ClN4O3S. The van der Waals surface area contributed by atoms with E-state index >= 15 is 0 Å². The van der Waals surface area contributed by atoms with Gasteiger partial charge in [0.25, 0.3) is 9.05 Å². The van der Waals surface area contributed by atoms with Crippen LogP contribution in [0.4, 0.5) is 0 Å². The van der Waals surface area contributed by atoms with Gasteiger partial charge in [0.15, 0.2) is 10.9 Å². The van der Waals surface area contributed by atoms with Gasteiger partial charge in [0.05, 0.1) is 0 Å². The summed E-state index contributed by atoms with van der Waals surface area (Å²) in [5, 5.41) is 3.69. The molecule has 2 heterocycles. The summed E-state index contributed by atoms with van der Waals surface area (Å²) in [6.07, 6.45) is 3.63. The van der Waals surface area contributed by atoms with Crippen molar-refractivity contribution in [3.05, 3.63) is 23.7 Å². The summed E-state index contributed by atoms with van der Waals surface area (Å²) in [5.41, 5.74) is 0. The van der Waals surface area contributed by atoms with Gasteiger partial charge in [-0.1, -0.05) is 19.0 Å². The molecule has 0 spiro atoms. The predicted octanol–water partition coefficient (Wildman–Crippen LogP) is 1.76. The molecule has 0 saturated carbocycles. The molecular weight excluding hydrogens is 304 g/mol. The van der Waals surface area contributed by atoms with Crippen molar-refractivity contribution in [3.63, 3.8) is 0 Å². The van der Waals surface area contributed by atoms with Crippen LogP contribution in [-0.4, -0.2) is 28.1 Å². The molecule has 0 saturated heterocycles. The molecule has 0 unspecified atom stereocenters. The Labute approximate surface area is 121 Å². The van der Waals surface area contributed by atoms with Crippen molar-refractivity contribution < 1.29 is 12.9 Å². The minimum atomic E-state index is -3.84. The Hall–Kier alpha value is -1.41. The van der Waals surface area contributed by atoms with Gasteiger partial charge in [-0.15, -0.1) is 0 Å². The van der Waals surface area contributed by atoms with Crippen molar-refractivity contribution in [2.75, 3.05) is 0 Å². The summed E-state index contributed by atoms with van der Waals surface area (Å²) in [6.45, 7) is 4.18. The normalized spacial score (nSPS) is 11.9. The number of hydrogen-bond acceptors (Lipinski definition) is 6. The Morgan fingerprint density at radius 3 is 2.70 bits per heavy atom. The second-order valence-electron chi connectivity index (χ2n) is 4.27. The summed E-state index contributed by atoms with van der Waals surface area (Å²) in [5.74, 6) is 1.66. The SMILES string of the molecule is CCCc1noc(Cn2cc(S(=O)(=O)Cl)nc2CC)n1. The molecule has 2 rings (SSSR count). The molecule has 0 amide bonds. The van der Waals surface area contributed by atoms with Crippen molar-refractivity contribution >= 4 is 19.7 Å². The van der Waals surface area contributed by atoms with E-state index in [-0.39, 0.29) is 11.6 Å². The average Bonchev–Trinajstić information content (AvgIpc) is 2.96. The summed E-state index contributed by atoms with van der Waals surface area (Å²) in [4.78, 5) is 8.23. The van der Waals surface area contributed by atoms with Crippen LogP contribution in [0.1, 0.15) is 37.8 Å². The first-order valence-electron chi connectivity index (χ1n) is 6.26. The minimum absolute atomic E-state index is 0.163. The molecule has 7 nitrogen and oxygen atoms in total. The third kappa shape index (κ3) is 3.37. The van der Waals surface area contributed by atoms with Gasteiger partial charge in [0.2, 0.25) is 5.89 Å². The van der Waals surface area contributed by atoms with Crippen LogP contribution < -0.4 is 0 Å². The fourth-order valence-corrected chi connectivity index (χ4v) is 2.48. The van der Waals surface area contributed by atoms with Gasteiger partial charge in [0, 0.05) is 29.7 Å². The van der Waals surface area contributed by atoms with E-state index in [0.717, 1.165) is 12.8 Å². The van der Waals surface area contributed by atoms with E-state index in [1.165, 1.54) is 6.20 Å². The lowest BCUT2D eigenvalue weighted by molar-refractivity contribution is 0.364. The number of nitrogens with zero attached hydrogens (tertiary/aromatic N) is 4. The zero-order valence-electron chi connectivity index (χ0n) is 11.2. The monoisotopic (exact) mass is 318 g/mol. The highest BCUT2D eigenvalue weighted by molar-refractivity contribution is 8.13. The first kappa shape index (κ1) is 15.0. The smallest absolute Gasteiger partial charge is 0.280 e. The fraction of sp³-hybridized carbons (Fsp3) is 0.545. The second-order valence-corrected chi connectivity index (χ2v) is 6.78. The molecule has 0 fully saturated rings. The second kappa shape index (κ2) is 5.92. The van der Waals surface area contributed by atoms with Crippen LogP contribution in [-0.2, 0) is 28.4 Å². The lowest BCUT2D eigenvalue weighted by Crippen LogP contribution is -2.03. The van der Waals surface area contributed by atoms with E-state index in [4.69, 9.17) is 15.2 Å². The van der Waals surface area contributed by atoms with E-state index in [1.807, 2.05) is 13.8 Å². The van der Waals surface area contributed by atoms with Gasteiger partial charge in [0.1, 0.15) is 12.4 Å². The van der Waals surface area contributed by atoms with Gasteiger partial charge < -0.3 is 9.09 Å². The maximum Gasteiger partial charge on any atom is 0.280 e. The Morgan fingerprint density at radius 1 is 1.35 bits per heavy atom. The Balaban J connectivity index is 2.25. The van der Waals surface area contributed by atoms with Gasteiger partial charge in [-0.25, -0.2) is 13.4 Å². The summed E-state index contributed by atoms with van der Waals surface area (Å²) in [7, 11) is 1.46. The zero-order chi connectivity index (χ0) is 14.8. The molecule has 0 bridgehead atoms. The van der Waals surface area contributed by atoms with Crippen molar-refractivity contribution in [2.24, 2.45) is 0 Å². The zero-order valence-corrected chi connectivity index (χ0v) is 12.8. The van der Waals surface area contributed by atoms with Crippen LogP contribution in [0.25, 0.3) is 0 Å². The van der Waals surface area contributed by atoms with Crippen LogP contribution in [0.15, 0.2) is 15.7 Å². The third-order valence-electron chi connectivity index (χ3n) is 2.69. The molecule has 0 aliphatic carbocycles. The number of aromatic nitrogens is 4. The molecule has 0 aliphatic heterocycles. The van der Waals surface area contributed by atoms with Crippen LogP contribution in [0.3, 0.4) is 0 Å². The number of rotatable bonds is 6. The van der Waals surface area contributed by atoms with Crippen molar-refractivity contribution in [1.29, 1.82) is 0 Å². The van der Waals surface area contributed by atoms with Gasteiger partial charge in [-0.2, -0.15) is 4.98 Å². The highest BCUT2D eigenvalue weighted by atomic mass is 35.7. The molecule has 110 valence electrons. The molecule has 0 radical (unpaired) electrons. The van der Waals surface area contributed by atoms with Crippen LogP contribution in [0.5, 0.6) is 0 Å². The predicted molar refractivity (Wildman–Crippen MR) is 72.0 cm³/mol. The van der Waals surface area contributed by atoms with E-state index in [0.29, 0.717) is 24.0 Å². The van der Waals surface area contributed by atoms with E-state index in [9.17, 15) is 8.42 Å². The minimum Gasteiger partial charge on any atom is -0.337 e. The van der Waals surface area contributed by atoms with Crippen LogP contribution >= 0.6 is 10.7 Å². The van der Waals surface area contributed by atoms with E-state index < -0.39 is 9.05 Å². The fourth-order valence-electron chi connectivity index (χ4n) is 1.79. The number of aryl methyl sites for hydroxylation is 2. The quantitative estimate of drug-likeness (QED) is 0.754. The summed E-state index contributed by atoms with van der Waals surface area (Å²) >= 11 is 0. The van der Waals surface area contributed by atoms with Gasteiger partial charge in [-0.3, -0.25) is 0 Å². The molecule has 0 N–H and O–H groups in total.